The van der Waals surface area contributed by atoms with Gasteiger partial charge in [-0.3, -0.25) is 4.79 Å². The first-order valence-corrected chi connectivity index (χ1v) is 7.62. The number of nitrogens with one attached hydrogen (secondary N) is 1. The van der Waals surface area contributed by atoms with Crippen molar-refractivity contribution in [1.82, 2.24) is 5.32 Å². The van der Waals surface area contributed by atoms with Crippen LogP contribution in [-0.2, 0) is 9.53 Å². The fourth-order valence-electron chi connectivity index (χ4n) is 2.55. The molecule has 0 aromatic rings. The summed E-state index contributed by atoms with van der Waals surface area (Å²) in [6.45, 7) is 5.93. The van der Waals surface area contributed by atoms with E-state index in [0.717, 1.165) is 13.1 Å². The van der Waals surface area contributed by atoms with Gasteiger partial charge in [0.05, 0.1) is 0 Å². The summed E-state index contributed by atoms with van der Waals surface area (Å²) < 4.78 is 5.43. The Morgan fingerprint density at radius 3 is 2.72 bits per heavy atom. The molecule has 18 heavy (non-hydrogen) atoms. The molecule has 1 fully saturated rings. The molecule has 1 aliphatic carbocycles. The van der Waals surface area contributed by atoms with Gasteiger partial charge in [0.1, 0.15) is 6.10 Å². The van der Waals surface area contributed by atoms with Crippen molar-refractivity contribution in [3.8, 4) is 0 Å². The zero-order valence-corrected chi connectivity index (χ0v) is 12.0. The second-order valence-corrected chi connectivity index (χ2v) is 5.57. The molecular formula is C15H29NO2. The van der Waals surface area contributed by atoms with Gasteiger partial charge < -0.3 is 10.1 Å². The molecule has 3 nitrogen and oxygen atoms in total. The van der Waals surface area contributed by atoms with E-state index in [1.807, 2.05) is 6.92 Å². The monoisotopic (exact) mass is 255 g/mol. The van der Waals surface area contributed by atoms with E-state index in [9.17, 15) is 4.79 Å². The van der Waals surface area contributed by atoms with Gasteiger partial charge in [0.2, 0.25) is 0 Å². The van der Waals surface area contributed by atoms with Gasteiger partial charge in [-0.1, -0.05) is 32.6 Å². The number of rotatable bonds is 8. The van der Waals surface area contributed by atoms with Crippen molar-refractivity contribution in [1.29, 1.82) is 0 Å². The van der Waals surface area contributed by atoms with E-state index in [-0.39, 0.29) is 12.1 Å². The van der Waals surface area contributed by atoms with Crippen molar-refractivity contribution >= 4 is 5.97 Å². The summed E-state index contributed by atoms with van der Waals surface area (Å²) in [7, 11) is 0. The van der Waals surface area contributed by atoms with Crippen molar-refractivity contribution in [2.24, 2.45) is 5.92 Å². The average Bonchev–Trinajstić information content (AvgIpc) is 2.35. The summed E-state index contributed by atoms with van der Waals surface area (Å²) in [5, 5.41) is 3.32. The van der Waals surface area contributed by atoms with Gasteiger partial charge >= 0.3 is 5.97 Å². The minimum Gasteiger partial charge on any atom is -0.461 e. The molecule has 0 spiro atoms. The van der Waals surface area contributed by atoms with Crippen LogP contribution >= 0.6 is 0 Å². The number of carbonyl (C=O) groups is 1. The van der Waals surface area contributed by atoms with Crippen LogP contribution in [0, 0.1) is 5.92 Å². The van der Waals surface area contributed by atoms with Crippen LogP contribution < -0.4 is 5.32 Å². The first-order valence-electron chi connectivity index (χ1n) is 7.62. The Hall–Kier alpha value is -0.570. The van der Waals surface area contributed by atoms with E-state index in [2.05, 4.69) is 12.2 Å². The molecule has 0 aliphatic heterocycles. The molecule has 0 amide bonds. The second kappa shape index (κ2) is 9.37. The Bertz CT molecular complexity index is 225. The minimum atomic E-state index is -0.00769. The predicted molar refractivity (Wildman–Crippen MR) is 74.5 cm³/mol. The topological polar surface area (TPSA) is 38.3 Å². The first-order chi connectivity index (χ1) is 8.72. The van der Waals surface area contributed by atoms with Crippen LogP contribution in [0.25, 0.3) is 0 Å². The van der Waals surface area contributed by atoms with Gasteiger partial charge in [-0.15, -0.1) is 0 Å². The molecule has 106 valence electrons. The Kier molecular flexibility index (Phi) is 8.06. The van der Waals surface area contributed by atoms with Gasteiger partial charge in [-0.25, -0.2) is 0 Å². The summed E-state index contributed by atoms with van der Waals surface area (Å²) in [5.74, 6) is 0.568. The van der Waals surface area contributed by atoms with E-state index in [1.165, 1.54) is 44.9 Å². The molecule has 1 aliphatic rings. The van der Waals surface area contributed by atoms with Gasteiger partial charge in [0.15, 0.2) is 0 Å². The third kappa shape index (κ3) is 7.00. The average molecular weight is 255 g/mol. The van der Waals surface area contributed by atoms with E-state index in [4.69, 9.17) is 4.74 Å². The number of carbonyl (C=O) groups excluding carboxylic acids is 1. The van der Waals surface area contributed by atoms with Crippen LogP contribution in [0.2, 0.25) is 0 Å². The quantitative estimate of drug-likeness (QED) is 0.534. The third-order valence-electron chi connectivity index (χ3n) is 3.65. The van der Waals surface area contributed by atoms with E-state index in [1.54, 1.807) is 0 Å². The van der Waals surface area contributed by atoms with E-state index in [0.29, 0.717) is 12.3 Å². The molecule has 0 aromatic heterocycles. The molecule has 1 rings (SSSR count). The van der Waals surface area contributed by atoms with Gasteiger partial charge in [0, 0.05) is 13.0 Å². The normalized spacial score (nSPS) is 18.6. The Labute approximate surface area is 112 Å². The van der Waals surface area contributed by atoms with Crippen molar-refractivity contribution in [3.63, 3.8) is 0 Å². The smallest absolute Gasteiger partial charge is 0.306 e. The predicted octanol–water partition coefficient (Wildman–Crippen LogP) is 3.28. The summed E-state index contributed by atoms with van der Waals surface area (Å²) in [6.07, 6.45) is 9.32. The summed E-state index contributed by atoms with van der Waals surface area (Å²) in [5.41, 5.74) is 0. The zero-order chi connectivity index (χ0) is 13.2. The van der Waals surface area contributed by atoms with Crippen LogP contribution in [0.5, 0.6) is 0 Å². The molecule has 0 saturated heterocycles. The van der Waals surface area contributed by atoms with Crippen LogP contribution in [0.15, 0.2) is 0 Å². The number of hydrogen-bond acceptors (Lipinski definition) is 3. The molecule has 1 saturated carbocycles. The fourth-order valence-corrected chi connectivity index (χ4v) is 2.55. The second-order valence-electron chi connectivity index (χ2n) is 5.57. The van der Waals surface area contributed by atoms with Gasteiger partial charge in [-0.05, 0) is 38.6 Å². The molecule has 1 N–H and O–H groups in total. The fraction of sp³-hybridized carbons (Fsp3) is 0.933. The lowest BCUT2D eigenvalue weighted by Crippen LogP contribution is -2.30. The number of hydrogen-bond donors (Lipinski definition) is 1. The lowest BCUT2D eigenvalue weighted by molar-refractivity contribution is -0.149. The van der Waals surface area contributed by atoms with Crippen LogP contribution in [0.3, 0.4) is 0 Å². The van der Waals surface area contributed by atoms with Crippen LogP contribution in [0.1, 0.15) is 65.2 Å². The van der Waals surface area contributed by atoms with Crippen molar-refractivity contribution in [3.05, 3.63) is 0 Å². The molecule has 0 bridgehead atoms. The molecule has 1 atom stereocenters. The summed E-state index contributed by atoms with van der Waals surface area (Å²) in [6, 6.07) is 0. The van der Waals surface area contributed by atoms with Crippen LogP contribution in [0.4, 0.5) is 0 Å². The largest absolute Gasteiger partial charge is 0.461 e. The molecular weight excluding hydrogens is 226 g/mol. The van der Waals surface area contributed by atoms with Gasteiger partial charge in [-0.2, -0.15) is 0 Å². The maximum atomic E-state index is 11.8. The van der Waals surface area contributed by atoms with E-state index < -0.39 is 0 Å². The Morgan fingerprint density at radius 2 is 2.06 bits per heavy atom. The summed E-state index contributed by atoms with van der Waals surface area (Å²) >= 11 is 0. The molecule has 3 heteroatoms. The van der Waals surface area contributed by atoms with Crippen LogP contribution in [-0.4, -0.2) is 25.2 Å². The van der Waals surface area contributed by atoms with Crippen molar-refractivity contribution in [2.45, 2.75) is 71.3 Å². The SMILES string of the molecule is CCCCNCC(C)OC(=O)CC1CCCCC1. The lowest BCUT2D eigenvalue weighted by Gasteiger charge is -2.21. The molecule has 0 radical (unpaired) electrons. The van der Waals surface area contributed by atoms with E-state index >= 15 is 0 Å². The zero-order valence-electron chi connectivity index (χ0n) is 12.0. The Morgan fingerprint density at radius 1 is 1.33 bits per heavy atom. The molecule has 0 aromatic carbocycles. The Balaban J connectivity index is 2.06. The molecule has 0 heterocycles. The summed E-state index contributed by atoms with van der Waals surface area (Å²) in [4.78, 5) is 11.8. The third-order valence-corrected chi connectivity index (χ3v) is 3.65. The highest BCUT2D eigenvalue weighted by atomic mass is 16.5. The standard InChI is InChI=1S/C15H29NO2/c1-3-4-10-16-12-13(2)18-15(17)11-14-8-6-5-7-9-14/h13-14,16H,3-12H2,1-2H3. The highest BCUT2D eigenvalue weighted by molar-refractivity contribution is 5.69. The maximum Gasteiger partial charge on any atom is 0.306 e. The highest BCUT2D eigenvalue weighted by Crippen LogP contribution is 2.26. The minimum absolute atomic E-state index is 0.00190. The molecule has 1 unspecified atom stereocenters. The number of ether oxygens (including phenoxy) is 1. The number of unbranched alkanes of at least 4 members (excludes halogenated alkanes) is 1. The number of esters is 1. The maximum absolute atomic E-state index is 11.8. The van der Waals surface area contributed by atoms with Crippen molar-refractivity contribution in [2.75, 3.05) is 13.1 Å². The highest BCUT2D eigenvalue weighted by Gasteiger charge is 2.19. The van der Waals surface area contributed by atoms with Crippen molar-refractivity contribution < 1.29 is 9.53 Å². The lowest BCUT2D eigenvalue weighted by atomic mass is 9.87. The van der Waals surface area contributed by atoms with Gasteiger partial charge in [0.25, 0.3) is 0 Å². The first kappa shape index (κ1) is 15.5.